The number of anilines is 1. The molecule has 23 heavy (non-hydrogen) atoms. The maximum absolute atomic E-state index is 12.2. The monoisotopic (exact) mass is 425 g/mol. The number of carbonyl (C=O) groups excluding carboxylic acids is 1. The van der Waals surface area contributed by atoms with Gasteiger partial charge in [0, 0.05) is 41.5 Å². The Morgan fingerprint density at radius 3 is 2.61 bits per heavy atom. The molecule has 0 saturated carbocycles. The fourth-order valence-electron chi connectivity index (χ4n) is 2.04. The number of nitrogens with zero attached hydrogens (tertiary/aromatic N) is 2. The van der Waals surface area contributed by atoms with Crippen LogP contribution in [-0.2, 0) is 0 Å². The van der Waals surface area contributed by atoms with Gasteiger partial charge in [-0.05, 0) is 40.8 Å². The Labute approximate surface area is 147 Å². The molecular weight excluding hydrogens is 409 g/mol. The zero-order valence-electron chi connectivity index (χ0n) is 12.5. The minimum atomic E-state index is -0.504. The van der Waals surface area contributed by atoms with Gasteiger partial charge < -0.3 is 10.2 Å². The zero-order valence-corrected chi connectivity index (χ0v) is 14.7. The number of halogens is 1. The van der Waals surface area contributed by atoms with Crippen LogP contribution in [0.3, 0.4) is 0 Å². The molecule has 0 heterocycles. The number of para-hydroxylation sites is 1. The topological polar surface area (TPSA) is 75.5 Å². The predicted octanol–water partition coefficient (Wildman–Crippen LogP) is 3.07. The maximum Gasteiger partial charge on any atom is 0.270 e. The van der Waals surface area contributed by atoms with Crippen LogP contribution in [0.15, 0.2) is 48.5 Å². The van der Waals surface area contributed by atoms with E-state index in [0.29, 0.717) is 22.2 Å². The summed E-state index contributed by atoms with van der Waals surface area (Å²) in [4.78, 5) is 24.5. The number of benzene rings is 2. The number of amides is 1. The molecule has 0 bridgehead atoms. The normalized spacial score (nSPS) is 10.2. The first-order valence-corrected chi connectivity index (χ1v) is 8.05. The Bertz CT molecular complexity index is 707. The van der Waals surface area contributed by atoms with Crippen molar-refractivity contribution in [1.82, 2.24) is 5.32 Å². The first kappa shape index (κ1) is 17.2. The first-order chi connectivity index (χ1) is 11.0. The average molecular weight is 425 g/mol. The quantitative estimate of drug-likeness (QED) is 0.439. The Morgan fingerprint density at radius 2 is 1.96 bits per heavy atom. The van der Waals surface area contributed by atoms with Gasteiger partial charge in [0.2, 0.25) is 0 Å². The summed E-state index contributed by atoms with van der Waals surface area (Å²) in [5.41, 5.74) is 1.30. The zero-order chi connectivity index (χ0) is 16.8. The van der Waals surface area contributed by atoms with Gasteiger partial charge in [0.25, 0.3) is 11.6 Å². The predicted molar refractivity (Wildman–Crippen MR) is 97.9 cm³/mol. The summed E-state index contributed by atoms with van der Waals surface area (Å²) in [5.74, 6) is -0.306. The minimum absolute atomic E-state index is 0.0861. The molecule has 0 aromatic heterocycles. The van der Waals surface area contributed by atoms with Crippen LogP contribution in [0.2, 0.25) is 0 Å². The summed E-state index contributed by atoms with van der Waals surface area (Å²) in [6.45, 7) is 1.09. The number of hydrogen-bond donors (Lipinski definition) is 1. The van der Waals surface area contributed by atoms with Crippen LogP contribution >= 0.6 is 22.6 Å². The molecule has 1 N–H and O–H groups in total. The Hall–Kier alpha value is -2.16. The summed E-state index contributed by atoms with van der Waals surface area (Å²) in [5, 5.41) is 13.6. The van der Waals surface area contributed by atoms with Crippen molar-refractivity contribution in [3.8, 4) is 0 Å². The van der Waals surface area contributed by atoms with Gasteiger partial charge in [0.05, 0.1) is 10.5 Å². The summed E-state index contributed by atoms with van der Waals surface area (Å²) in [7, 11) is 1.94. The number of nitrogens with one attached hydrogen (secondary N) is 1. The number of carbonyl (C=O) groups is 1. The van der Waals surface area contributed by atoms with Gasteiger partial charge in [-0.1, -0.05) is 18.2 Å². The summed E-state index contributed by atoms with van der Waals surface area (Å²) in [6, 6.07) is 14.1. The van der Waals surface area contributed by atoms with Crippen molar-refractivity contribution in [2.24, 2.45) is 0 Å². The van der Waals surface area contributed by atoms with E-state index in [1.165, 1.54) is 12.1 Å². The lowest BCUT2D eigenvalue weighted by molar-refractivity contribution is -0.384. The van der Waals surface area contributed by atoms with E-state index in [0.717, 1.165) is 5.69 Å². The minimum Gasteiger partial charge on any atom is -0.373 e. The average Bonchev–Trinajstić information content (AvgIpc) is 2.55. The third kappa shape index (κ3) is 4.65. The molecule has 2 rings (SSSR count). The lowest BCUT2D eigenvalue weighted by Crippen LogP contribution is -2.33. The van der Waals surface area contributed by atoms with Crippen molar-refractivity contribution in [3.05, 3.63) is 67.8 Å². The van der Waals surface area contributed by atoms with E-state index < -0.39 is 4.92 Å². The van der Waals surface area contributed by atoms with Gasteiger partial charge in [-0.15, -0.1) is 0 Å². The van der Waals surface area contributed by atoms with Crippen molar-refractivity contribution in [3.63, 3.8) is 0 Å². The van der Waals surface area contributed by atoms with Gasteiger partial charge in [-0.2, -0.15) is 0 Å². The van der Waals surface area contributed by atoms with Crippen molar-refractivity contribution in [1.29, 1.82) is 0 Å². The smallest absolute Gasteiger partial charge is 0.270 e. The molecule has 0 spiro atoms. The highest BCUT2D eigenvalue weighted by molar-refractivity contribution is 14.1. The van der Waals surface area contributed by atoms with E-state index in [1.54, 1.807) is 6.07 Å². The van der Waals surface area contributed by atoms with Crippen LogP contribution in [0.25, 0.3) is 0 Å². The van der Waals surface area contributed by atoms with Gasteiger partial charge in [-0.3, -0.25) is 14.9 Å². The van der Waals surface area contributed by atoms with E-state index in [1.807, 2.05) is 64.9 Å². The summed E-state index contributed by atoms with van der Waals surface area (Å²) in [6.07, 6.45) is 0. The lowest BCUT2D eigenvalue weighted by Gasteiger charge is -2.19. The highest BCUT2D eigenvalue weighted by atomic mass is 127. The highest BCUT2D eigenvalue weighted by Crippen LogP contribution is 2.19. The van der Waals surface area contributed by atoms with Crippen molar-refractivity contribution < 1.29 is 9.72 Å². The largest absolute Gasteiger partial charge is 0.373 e. The molecular formula is C16H16IN3O3. The molecule has 0 unspecified atom stereocenters. The number of hydrogen-bond acceptors (Lipinski definition) is 4. The fraction of sp³-hybridized carbons (Fsp3) is 0.188. The number of nitro groups is 1. The third-order valence-corrected chi connectivity index (χ3v) is 4.28. The van der Waals surface area contributed by atoms with Crippen LogP contribution in [0, 0.1) is 13.7 Å². The second kappa shape index (κ2) is 7.91. The van der Waals surface area contributed by atoms with Gasteiger partial charge >= 0.3 is 0 Å². The van der Waals surface area contributed by atoms with Crippen molar-refractivity contribution >= 4 is 39.9 Å². The molecule has 0 aliphatic heterocycles. The molecule has 7 heteroatoms. The van der Waals surface area contributed by atoms with Crippen molar-refractivity contribution in [2.45, 2.75) is 0 Å². The van der Waals surface area contributed by atoms with Gasteiger partial charge in [0.15, 0.2) is 0 Å². The Morgan fingerprint density at radius 1 is 1.26 bits per heavy atom. The van der Waals surface area contributed by atoms with E-state index in [-0.39, 0.29) is 11.6 Å². The van der Waals surface area contributed by atoms with E-state index in [9.17, 15) is 14.9 Å². The molecule has 1 amide bonds. The Kier molecular flexibility index (Phi) is 5.91. The van der Waals surface area contributed by atoms with Crippen LogP contribution < -0.4 is 10.2 Å². The molecule has 0 saturated heterocycles. The molecule has 0 fully saturated rings. The second-order valence-electron chi connectivity index (χ2n) is 4.93. The molecule has 0 radical (unpaired) electrons. The summed E-state index contributed by atoms with van der Waals surface area (Å²) >= 11 is 2.00. The fourth-order valence-corrected chi connectivity index (χ4v) is 2.63. The Balaban J connectivity index is 1.95. The molecule has 6 nitrogen and oxygen atoms in total. The maximum atomic E-state index is 12.2. The molecule has 2 aromatic carbocycles. The van der Waals surface area contributed by atoms with Gasteiger partial charge in [-0.25, -0.2) is 0 Å². The lowest BCUT2D eigenvalue weighted by atomic mass is 10.2. The SMILES string of the molecule is CN(CCNC(=O)c1cc([N+](=O)[O-])ccc1I)c1ccccc1. The molecule has 2 aromatic rings. The number of non-ortho nitro benzene ring substituents is 1. The van der Waals surface area contributed by atoms with Crippen LogP contribution in [-0.4, -0.2) is 31.0 Å². The molecule has 0 atom stereocenters. The number of nitro benzene ring substituents is 1. The van der Waals surface area contributed by atoms with Crippen molar-refractivity contribution in [2.75, 3.05) is 25.0 Å². The summed E-state index contributed by atoms with van der Waals surface area (Å²) < 4.78 is 0.683. The first-order valence-electron chi connectivity index (χ1n) is 6.97. The van der Waals surface area contributed by atoms with E-state index >= 15 is 0 Å². The van der Waals surface area contributed by atoms with Gasteiger partial charge in [0.1, 0.15) is 0 Å². The number of rotatable bonds is 6. The standard InChI is InChI=1S/C16H16IN3O3/c1-19(12-5-3-2-4-6-12)10-9-18-16(21)14-11-13(20(22)23)7-8-15(14)17/h2-8,11H,9-10H2,1H3,(H,18,21). The van der Waals surface area contributed by atoms with Crippen LogP contribution in [0.1, 0.15) is 10.4 Å². The molecule has 0 aliphatic rings. The van der Waals surface area contributed by atoms with E-state index in [2.05, 4.69) is 5.32 Å². The molecule has 0 aliphatic carbocycles. The highest BCUT2D eigenvalue weighted by Gasteiger charge is 2.15. The van der Waals surface area contributed by atoms with Crippen LogP contribution in [0.4, 0.5) is 11.4 Å². The second-order valence-corrected chi connectivity index (χ2v) is 6.10. The molecule has 120 valence electrons. The third-order valence-electron chi connectivity index (χ3n) is 3.34. The number of likely N-dealkylation sites (N-methyl/N-ethyl adjacent to an activating group) is 1. The van der Waals surface area contributed by atoms with E-state index in [4.69, 9.17) is 0 Å². The van der Waals surface area contributed by atoms with Crippen LogP contribution in [0.5, 0.6) is 0 Å².